The molecule has 28 heavy (non-hydrogen) atoms. The number of hydrogen-bond acceptors (Lipinski definition) is 6. The van der Waals surface area contributed by atoms with Gasteiger partial charge in [-0.3, -0.25) is 0 Å². The molecule has 0 radical (unpaired) electrons. The lowest BCUT2D eigenvalue weighted by molar-refractivity contribution is 0.0300. The molecular weight excluding hydrogens is 368 g/mol. The van der Waals surface area contributed by atoms with Crippen molar-refractivity contribution in [2.45, 2.75) is 38.7 Å². The van der Waals surface area contributed by atoms with Crippen LogP contribution in [0.25, 0.3) is 0 Å². The molecule has 0 atom stereocenters. The summed E-state index contributed by atoms with van der Waals surface area (Å²) < 4.78 is 8.52. The van der Waals surface area contributed by atoms with Gasteiger partial charge in [-0.25, -0.2) is 9.29 Å². The molecule has 2 saturated heterocycles. The van der Waals surface area contributed by atoms with Crippen LogP contribution < -0.4 is 4.74 Å². The van der Waals surface area contributed by atoms with Crippen LogP contribution in [-0.2, 0) is 0 Å². The standard InChI is InChI=1S/C22H36N4OS/c1-18-3-6-23-22(13-18)27-21-14-20(15-21)17-24-7-4-19(5-8-24)16-25-9-11-26(28-2)12-10-25/h3,6,13,19-21H,4-5,7-12,14-17H2,1-2H3/t20-,21-. The first kappa shape index (κ1) is 20.5. The fourth-order valence-electron chi connectivity index (χ4n) is 4.84. The van der Waals surface area contributed by atoms with Crippen molar-refractivity contribution in [1.82, 2.24) is 19.1 Å². The molecule has 1 aromatic rings. The average molecular weight is 405 g/mol. The minimum absolute atomic E-state index is 0.372. The first-order valence-electron chi connectivity index (χ1n) is 11.0. The molecule has 0 aromatic carbocycles. The summed E-state index contributed by atoms with van der Waals surface area (Å²) in [5.41, 5.74) is 1.22. The van der Waals surface area contributed by atoms with Gasteiger partial charge in [-0.2, -0.15) is 0 Å². The van der Waals surface area contributed by atoms with E-state index in [2.05, 4.69) is 32.3 Å². The molecule has 3 aliphatic rings. The molecule has 0 unspecified atom stereocenters. The number of likely N-dealkylation sites (tertiary alicyclic amines) is 1. The molecule has 1 aromatic heterocycles. The van der Waals surface area contributed by atoms with Gasteiger partial charge >= 0.3 is 0 Å². The van der Waals surface area contributed by atoms with Crippen LogP contribution in [0.2, 0.25) is 0 Å². The van der Waals surface area contributed by atoms with Gasteiger partial charge in [0, 0.05) is 51.5 Å². The van der Waals surface area contributed by atoms with Gasteiger partial charge in [0.25, 0.3) is 0 Å². The van der Waals surface area contributed by atoms with Crippen LogP contribution in [-0.4, -0.2) is 83.8 Å². The Kier molecular flexibility index (Phi) is 7.15. The van der Waals surface area contributed by atoms with Crippen LogP contribution in [0.5, 0.6) is 5.88 Å². The van der Waals surface area contributed by atoms with Crippen molar-refractivity contribution >= 4 is 11.9 Å². The van der Waals surface area contributed by atoms with Gasteiger partial charge in [-0.15, -0.1) is 0 Å². The number of hydrogen-bond donors (Lipinski definition) is 0. The number of nitrogens with zero attached hydrogens (tertiary/aromatic N) is 4. The average Bonchev–Trinajstić information content (AvgIpc) is 2.68. The van der Waals surface area contributed by atoms with E-state index in [4.69, 9.17) is 4.74 Å². The zero-order valence-corrected chi connectivity index (χ0v) is 18.4. The van der Waals surface area contributed by atoms with Gasteiger partial charge in [0.2, 0.25) is 5.88 Å². The van der Waals surface area contributed by atoms with E-state index in [0.717, 1.165) is 17.7 Å². The molecule has 5 nitrogen and oxygen atoms in total. The minimum Gasteiger partial charge on any atom is -0.474 e. The monoisotopic (exact) mass is 404 g/mol. The number of rotatable bonds is 7. The summed E-state index contributed by atoms with van der Waals surface area (Å²) in [6.07, 6.45) is 9.54. The number of aromatic nitrogens is 1. The van der Waals surface area contributed by atoms with E-state index in [9.17, 15) is 0 Å². The largest absolute Gasteiger partial charge is 0.474 e. The fourth-order valence-corrected chi connectivity index (χ4v) is 5.37. The van der Waals surface area contributed by atoms with Crippen molar-refractivity contribution in [3.05, 3.63) is 23.9 Å². The van der Waals surface area contributed by atoms with Crippen molar-refractivity contribution < 1.29 is 4.74 Å². The zero-order valence-electron chi connectivity index (χ0n) is 17.6. The molecule has 2 aliphatic heterocycles. The van der Waals surface area contributed by atoms with E-state index in [1.165, 1.54) is 83.6 Å². The number of piperidine rings is 1. The molecular formula is C22H36N4OS. The van der Waals surface area contributed by atoms with Crippen molar-refractivity contribution in [1.29, 1.82) is 0 Å². The first-order chi connectivity index (χ1) is 13.7. The quantitative estimate of drug-likeness (QED) is 0.649. The lowest BCUT2D eigenvalue weighted by atomic mass is 9.81. The maximum atomic E-state index is 6.03. The van der Waals surface area contributed by atoms with Gasteiger partial charge in [-0.05, 0) is 75.4 Å². The van der Waals surface area contributed by atoms with Crippen LogP contribution in [0.15, 0.2) is 18.3 Å². The third-order valence-corrected chi connectivity index (χ3v) is 7.58. The second kappa shape index (κ2) is 9.79. The van der Waals surface area contributed by atoms with Crippen LogP contribution >= 0.6 is 11.9 Å². The Balaban J connectivity index is 1.10. The van der Waals surface area contributed by atoms with Crippen molar-refractivity contribution in [2.75, 3.05) is 58.6 Å². The SMILES string of the molecule is CSN1CCN(CC2CCN(C[C@H]3C[C@H](Oc4cc(C)ccn4)C3)CC2)CC1. The summed E-state index contributed by atoms with van der Waals surface area (Å²) in [6, 6.07) is 4.06. The Morgan fingerprint density at radius 3 is 2.36 bits per heavy atom. The molecule has 1 aliphatic carbocycles. The van der Waals surface area contributed by atoms with E-state index in [1.807, 2.05) is 30.3 Å². The Morgan fingerprint density at radius 2 is 1.68 bits per heavy atom. The smallest absolute Gasteiger partial charge is 0.213 e. The van der Waals surface area contributed by atoms with Gasteiger partial charge in [-0.1, -0.05) is 11.9 Å². The highest BCUT2D eigenvalue weighted by Crippen LogP contribution is 2.32. The minimum atomic E-state index is 0.372. The highest BCUT2D eigenvalue weighted by molar-refractivity contribution is 7.96. The predicted molar refractivity (Wildman–Crippen MR) is 117 cm³/mol. The van der Waals surface area contributed by atoms with Crippen molar-refractivity contribution in [3.63, 3.8) is 0 Å². The molecule has 0 N–H and O–H groups in total. The molecule has 0 amide bonds. The second-order valence-corrected chi connectivity index (χ2v) is 9.79. The molecule has 3 fully saturated rings. The third-order valence-electron chi connectivity index (χ3n) is 6.70. The van der Waals surface area contributed by atoms with E-state index >= 15 is 0 Å². The number of ether oxygens (including phenoxy) is 1. The van der Waals surface area contributed by atoms with Crippen molar-refractivity contribution in [3.8, 4) is 5.88 Å². The third kappa shape index (κ3) is 5.62. The normalized spacial score (nSPS) is 28.2. The van der Waals surface area contributed by atoms with E-state index in [-0.39, 0.29) is 0 Å². The highest BCUT2D eigenvalue weighted by atomic mass is 32.2. The molecule has 1 saturated carbocycles. The summed E-state index contributed by atoms with van der Waals surface area (Å²) in [5, 5.41) is 0. The first-order valence-corrected chi connectivity index (χ1v) is 12.2. The Morgan fingerprint density at radius 1 is 1.00 bits per heavy atom. The topological polar surface area (TPSA) is 31.8 Å². The van der Waals surface area contributed by atoms with Crippen LogP contribution in [0.4, 0.5) is 0 Å². The zero-order chi connectivity index (χ0) is 19.3. The number of aryl methyl sites for hydroxylation is 1. The molecule has 3 heterocycles. The Labute approximate surface area is 174 Å². The molecule has 156 valence electrons. The summed E-state index contributed by atoms with van der Waals surface area (Å²) in [7, 11) is 0. The number of pyridine rings is 1. The maximum Gasteiger partial charge on any atom is 0.213 e. The lowest BCUT2D eigenvalue weighted by Crippen LogP contribution is -2.48. The van der Waals surface area contributed by atoms with Crippen LogP contribution in [0.3, 0.4) is 0 Å². The lowest BCUT2D eigenvalue weighted by Gasteiger charge is -2.41. The Bertz CT molecular complexity index is 608. The molecule has 0 spiro atoms. The summed E-state index contributed by atoms with van der Waals surface area (Å²) >= 11 is 1.90. The fraction of sp³-hybridized carbons (Fsp3) is 0.773. The van der Waals surface area contributed by atoms with Crippen LogP contribution in [0.1, 0.15) is 31.2 Å². The summed E-state index contributed by atoms with van der Waals surface area (Å²) in [5.74, 6) is 2.51. The van der Waals surface area contributed by atoms with Gasteiger partial charge in [0.05, 0.1) is 0 Å². The highest BCUT2D eigenvalue weighted by Gasteiger charge is 2.33. The van der Waals surface area contributed by atoms with E-state index in [1.54, 1.807) is 0 Å². The number of piperazine rings is 1. The van der Waals surface area contributed by atoms with Crippen molar-refractivity contribution in [2.24, 2.45) is 11.8 Å². The summed E-state index contributed by atoms with van der Waals surface area (Å²) in [4.78, 5) is 9.72. The summed E-state index contributed by atoms with van der Waals surface area (Å²) in [6.45, 7) is 12.2. The van der Waals surface area contributed by atoms with Gasteiger partial charge in [0.15, 0.2) is 0 Å². The predicted octanol–water partition coefficient (Wildman–Crippen LogP) is 3.16. The van der Waals surface area contributed by atoms with Crippen LogP contribution in [0, 0.1) is 18.8 Å². The van der Waals surface area contributed by atoms with Gasteiger partial charge in [0.1, 0.15) is 6.10 Å². The van der Waals surface area contributed by atoms with E-state index < -0.39 is 0 Å². The van der Waals surface area contributed by atoms with E-state index in [0.29, 0.717) is 6.10 Å². The molecule has 0 bridgehead atoms. The second-order valence-electron chi connectivity index (χ2n) is 8.90. The van der Waals surface area contributed by atoms with Gasteiger partial charge < -0.3 is 14.5 Å². The maximum absolute atomic E-state index is 6.03. The Hall–Kier alpha value is -0.820. The molecule has 4 rings (SSSR count). The molecule has 6 heteroatoms.